The molecule has 6 nitrogen and oxygen atoms in total. The molecule has 0 aliphatic carbocycles. The van der Waals surface area contributed by atoms with Crippen molar-refractivity contribution in [1.29, 1.82) is 0 Å². The summed E-state index contributed by atoms with van der Waals surface area (Å²) < 4.78 is 0. The van der Waals surface area contributed by atoms with Gasteiger partial charge in [-0.2, -0.15) is 0 Å². The van der Waals surface area contributed by atoms with E-state index in [1.54, 1.807) is 4.90 Å². The van der Waals surface area contributed by atoms with E-state index < -0.39 is 30.5 Å². The van der Waals surface area contributed by atoms with Gasteiger partial charge in [0.2, 0.25) is 0 Å². The average molecular weight is 219 g/mol. The molecule has 2 fully saturated rings. The van der Waals surface area contributed by atoms with Crippen molar-refractivity contribution < 1.29 is 25.5 Å². The highest BCUT2D eigenvalue weighted by Crippen LogP contribution is 2.27. The second-order valence-corrected chi connectivity index (χ2v) is 4.45. The second-order valence-electron chi connectivity index (χ2n) is 4.45. The van der Waals surface area contributed by atoms with Crippen LogP contribution < -0.4 is 0 Å². The maximum atomic E-state index is 9.76. The lowest BCUT2D eigenvalue weighted by atomic mass is 9.99. The van der Waals surface area contributed by atoms with Crippen LogP contribution in [0.1, 0.15) is 6.42 Å². The fourth-order valence-corrected chi connectivity index (χ4v) is 2.48. The average Bonchev–Trinajstić information content (AvgIpc) is 2.52. The highest BCUT2D eigenvalue weighted by molar-refractivity contribution is 4.99. The molecule has 2 aliphatic rings. The molecule has 0 aromatic carbocycles. The molecule has 0 amide bonds. The van der Waals surface area contributed by atoms with Crippen LogP contribution in [0.5, 0.6) is 0 Å². The van der Waals surface area contributed by atoms with Gasteiger partial charge in [-0.15, -0.1) is 0 Å². The van der Waals surface area contributed by atoms with Gasteiger partial charge >= 0.3 is 0 Å². The molecule has 0 unspecified atom stereocenters. The van der Waals surface area contributed by atoms with Crippen molar-refractivity contribution in [2.45, 2.75) is 43.0 Å². The highest BCUT2D eigenvalue weighted by atomic mass is 16.4. The van der Waals surface area contributed by atoms with Gasteiger partial charge in [0.05, 0.1) is 18.3 Å². The van der Waals surface area contributed by atoms with Gasteiger partial charge in [-0.25, -0.2) is 0 Å². The number of fused-ring (bicyclic) bond motifs is 1. The summed E-state index contributed by atoms with van der Waals surface area (Å²) >= 11 is 0. The van der Waals surface area contributed by atoms with E-state index in [-0.39, 0.29) is 12.6 Å². The van der Waals surface area contributed by atoms with E-state index in [4.69, 9.17) is 0 Å². The summed E-state index contributed by atoms with van der Waals surface area (Å²) in [7, 11) is 0. The van der Waals surface area contributed by atoms with Gasteiger partial charge in [0.15, 0.2) is 0 Å². The Morgan fingerprint density at radius 2 is 1.47 bits per heavy atom. The van der Waals surface area contributed by atoms with E-state index in [9.17, 15) is 25.5 Å². The molecule has 5 N–H and O–H groups in total. The number of nitrogens with zero attached hydrogens (tertiary/aromatic N) is 1. The predicted octanol–water partition coefficient (Wildman–Crippen LogP) is -3.12. The molecular formula is C9H17NO5. The van der Waals surface area contributed by atoms with E-state index in [1.807, 2.05) is 0 Å². The Kier molecular flexibility index (Phi) is 2.98. The Morgan fingerprint density at radius 1 is 0.800 bits per heavy atom. The molecule has 2 aliphatic heterocycles. The first-order valence-electron chi connectivity index (χ1n) is 5.15. The number of aliphatic hydroxyl groups is 5. The van der Waals surface area contributed by atoms with E-state index in [1.165, 1.54) is 0 Å². The van der Waals surface area contributed by atoms with Crippen molar-refractivity contribution in [3.63, 3.8) is 0 Å². The van der Waals surface area contributed by atoms with Gasteiger partial charge in [0, 0.05) is 19.1 Å². The lowest BCUT2D eigenvalue weighted by molar-refractivity contribution is -0.0968. The molecule has 0 aromatic heterocycles. The van der Waals surface area contributed by atoms with Crippen LogP contribution in [0.25, 0.3) is 0 Å². The molecule has 0 radical (unpaired) electrons. The molecule has 0 aromatic rings. The van der Waals surface area contributed by atoms with Crippen LogP contribution in [-0.2, 0) is 0 Å². The monoisotopic (exact) mass is 219 g/mol. The lowest BCUT2D eigenvalue weighted by Gasteiger charge is -2.26. The number of hydrogen-bond donors (Lipinski definition) is 5. The van der Waals surface area contributed by atoms with Crippen LogP contribution >= 0.6 is 0 Å². The van der Waals surface area contributed by atoms with Gasteiger partial charge in [-0.1, -0.05) is 0 Å². The third kappa shape index (κ3) is 1.89. The minimum Gasteiger partial charge on any atom is -0.392 e. The van der Waals surface area contributed by atoms with Crippen LogP contribution in [0.4, 0.5) is 0 Å². The smallest absolute Gasteiger partial charge is 0.110 e. The van der Waals surface area contributed by atoms with Gasteiger partial charge < -0.3 is 25.5 Å². The van der Waals surface area contributed by atoms with Crippen LogP contribution in [0, 0.1) is 0 Å². The molecule has 2 saturated heterocycles. The molecule has 6 atom stereocenters. The standard InChI is InChI=1S/C9H17NO5/c11-4-1-5-7(13)9(15)8(14)6(12)3-10(5)2-4/h4-9,11-15H,1-3H2/t4-,5-,6+,7-,8-,9+/m1/s1. The maximum Gasteiger partial charge on any atom is 0.110 e. The zero-order chi connectivity index (χ0) is 11.2. The first-order valence-corrected chi connectivity index (χ1v) is 5.15. The van der Waals surface area contributed by atoms with Gasteiger partial charge in [-0.05, 0) is 6.42 Å². The minimum absolute atomic E-state index is 0.164. The molecule has 0 saturated carbocycles. The third-order valence-electron chi connectivity index (χ3n) is 3.34. The molecule has 88 valence electrons. The Bertz CT molecular complexity index is 237. The van der Waals surface area contributed by atoms with E-state index in [0.717, 1.165) is 0 Å². The van der Waals surface area contributed by atoms with Crippen LogP contribution in [-0.4, -0.2) is 80.1 Å². The van der Waals surface area contributed by atoms with E-state index in [0.29, 0.717) is 13.0 Å². The fourth-order valence-electron chi connectivity index (χ4n) is 2.48. The van der Waals surface area contributed by atoms with Gasteiger partial charge in [0.25, 0.3) is 0 Å². The molecular weight excluding hydrogens is 202 g/mol. The number of hydrogen-bond acceptors (Lipinski definition) is 6. The second kappa shape index (κ2) is 3.97. The molecule has 6 heteroatoms. The van der Waals surface area contributed by atoms with Gasteiger partial charge in [-0.3, -0.25) is 4.90 Å². The Hall–Kier alpha value is -0.240. The van der Waals surface area contributed by atoms with Crippen molar-refractivity contribution in [1.82, 2.24) is 4.90 Å². The number of rotatable bonds is 0. The summed E-state index contributed by atoms with van der Waals surface area (Å²) in [6.07, 6.45) is -5.10. The van der Waals surface area contributed by atoms with Crippen LogP contribution in [0.2, 0.25) is 0 Å². The summed E-state index contributed by atoms with van der Waals surface area (Å²) in [5.74, 6) is 0. The topological polar surface area (TPSA) is 104 Å². The minimum atomic E-state index is -1.36. The Labute approximate surface area is 87.4 Å². The van der Waals surface area contributed by atoms with Crippen molar-refractivity contribution >= 4 is 0 Å². The van der Waals surface area contributed by atoms with Crippen LogP contribution in [0.15, 0.2) is 0 Å². The largest absolute Gasteiger partial charge is 0.392 e. The zero-order valence-corrected chi connectivity index (χ0v) is 8.27. The Balaban J connectivity index is 2.18. The van der Waals surface area contributed by atoms with Crippen LogP contribution in [0.3, 0.4) is 0 Å². The SMILES string of the molecule is O[C@@H]1C[C@@H]2[C@@H](O)[C@H](O)[C@H](O)[C@@H](O)CN2C1. The van der Waals surface area contributed by atoms with Crippen molar-refractivity contribution in [2.24, 2.45) is 0 Å². The summed E-state index contributed by atoms with van der Waals surface area (Å²) in [5, 5.41) is 47.8. The first kappa shape index (κ1) is 11.3. The molecule has 15 heavy (non-hydrogen) atoms. The summed E-state index contributed by atoms with van der Waals surface area (Å²) in [6, 6.07) is -0.387. The summed E-state index contributed by atoms with van der Waals surface area (Å²) in [5.41, 5.74) is 0. The third-order valence-corrected chi connectivity index (χ3v) is 3.34. The summed E-state index contributed by atoms with van der Waals surface area (Å²) in [6.45, 7) is 0.523. The lowest BCUT2D eigenvalue weighted by Crippen LogP contribution is -2.46. The van der Waals surface area contributed by atoms with Gasteiger partial charge in [0.1, 0.15) is 12.2 Å². The quantitative estimate of drug-likeness (QED) is 0.295. The summed E-state index contributed by atoms with van der Waals surface area (Å²) in [4.78, 5) is 1.71. The van der Waals surface area contributed by atoms with Crippen molar-refractivity contribution in [2.75, 3.05) is 13.1 Å². The van der Waals surface area contributed by atoms with E-state index >= 15 is 0 Å². The van der Waals surface area contributed by atoms with E-state index in [2.05, 4.69) is 0 Å². The van der Waals surface area contributed by atoms with Crippen molar-refractivity contribution in [3.05, 3.63) is 0 Å². The molecule has 2 rings (SSSR count). The Morgan fingerprint density at radius 3 is 2.13 bits per heavy atom. The molecule has 0 bridgehead atoms. The highest BCUT2D eigenvalue weighted by Gasteiger charge is 2.46. The maximum absolute atomic E-state index is 9.76. The zero-order valence-electron chi connectivity index (χ0n) is 8.27. The number of aliphatic hydroxyl groups excluding tert-OH is 5. The molecule has 0 spiro atoms. The normalized spacial score (nSPS) is 52.6. The fraction of sp³-hybridized carbons (Fsp3) is 1.00. The first-order chi connectivity index (χ1) is 7.00. The molecule has 2 heterocycles. The predicted molar refractivity (Wildman–Crippen MR) is 50.0 cm³/mol. The van der Waals surface area contributed by atoms with Crippen molar-refractivity contribution in [3.8, 4) is 0 Å².